The highest BCUT2D eigenvalue weighted by Crippen LogP contribution is 2.28. The van der Waals surface area contributed by atoms with Crippen LogP contribution in [-0.2, 0) is 16.4 Å². The van der Waals surface area contributed by atoms with Crippen LogP contribution in [0.15, 0.2) is 42.5 Å². The second-order valence-electron chi connectivity index (χ2n) is 7.29. The first-order valence-electron chi connectivity index (χ1n) is 9.44. The van der Waals surface area contributed by atoms with E-state index in [9.17, 15) is 18.3 Å². The maximum absolute atomic E-state index is 12.7. The maximum atomic E-state index is 12.7. The van der Waals surface area contributed by atoms with E-state index in [1.165, 1.54) is 0 Å². The number of anilines is 1. The molecule has 156 valence electrons. The molecule has 29 heavy (non-hydrogen) atoms. The molecule has 0 aliphatic heterocycles. The number of sulfonamides is 1. The summed E-state index contributed by atoms with van der Waals surface area (Å²) in [5.74, 6) is 0.755. The zero-order valence-corrected chi connectivity index (χ0v) is 17.3. The average molecular weight is 419 g/mol. The van der Waals surface area contributed by atoms with Crippen molar-refractivity contribution >= 4 is 21.5 Å². The normalized spacial score (nSPS) is 17.5. The van der Waals surface area contributed by atoms with E-state index in [4.69, 9.17) is 4.74 Å². The van der Waals surface area contributed by atoms with Gasteiger partial charge in [0.1, 0.15) is 5.75 Å². The summed E-state index contributed by atoms with van der Waals surface area (Å²) in [6.45, 7) is 0.799. The second kappa shape index (κ2) is 8.94. The molecule has 2 aromatic rings. The van der Waals surface area contributed by atoms with Crippen molar-refractivity contribution in [2.75, 3.05) is 31.2 Å². The fraction of sp³-hybridized carbons (Fsp3) is 0.381. The Labute approximate surface area is 171 Å². The zero-order valence-electron chi connectivity index (χ0n) is 16.5. The van der Waals surface area contributed by atoms with Crippen molar-refractivity contribution in [3.63, 3.8) is 0 Å². The molecule has 0 saturated heterocycles. The van der Waals surface area contributed by atoms with Crippen molar-refractivity contribution in [3.8, 4) is 5.75 Å². The predicted octanol–water partition coefficient (Wildman–Crippen LogP) is 2.13. The number of rotatable bonds is 8. The van der Waals surface area contributed by atoms with Gasteiger partial charge < -0.3 is 15.2 Å². The van der Waals surface area contributed by atoms with Gasteiger partial charge in [0.25, 0.3) is 0 Å². The van der Waals surface area contributed by atoms with Gasteiger partial charge in [-0.25, -0.2) is 8.42 Å². The Morgan fingerprint density at radius 1 is 1.21 bits per heavy atom. The van der Waals surface area contributed by atoms with Crippen molar-refractivity contribution in [1.29, 1.82) is 0 Å². The first-order valence-corrected chi connectivity index (χ1v) is 11.3. The molecule has 2 aromatic carbocycles. The highest BCUT2D eigenvalue weighted by molar-refractivity contribution is 7.92. The van der Waals surface area contributed by atoms with Crippen molar-refractivity contribution < 1.29 is 23.1 Å². The van der Waals surface area contributed by atoms with Gasteiger partial charge in [0.15, 0.2) is 5.78 Å². The van der Waals surface area contributed by atoms with Crippen LogP contribution in [0.4, 0.5) is 5.69 Å². The first-order chi connectivity index (χ1) is 13.8. The highest BCUT2D eigenvalue weighted by Gasteiger charge is 2.27. The van der Waals surface area contributed by atoms with E-state index in [1.54, 1.807) is 37.4 Å². The number of carbonyl (C=O) groups excluding carboxylic acids is 1. The Balaban J connectivity index is 1.52. The minimum Gasteiger partial charge on any atom is -0.497 e. The molecule has 0 spiro atoms. The van der Waals surface area contributed by atoms with Crippen LogP contribution in [0.2, 0.25) is 0 Å². The lowest BCUT2D eigenvalue weighted by atomic mass is 9.82. The van der Waals surface area contributed by atoms with E-state index >= 15 is 0 Å². The first kappa shape index (κ1) is 21.3. The average Bonchev–Trinajstić information content (AvgIpc) is 2.68. The molecule has 0 fully saturated rings. The maximum Gasteiger partial charge on any atom is 0.229 e. The third kappa shape index (κ3) is 5.56. The summed E-state index contributed by atoms with van der Waals surface area (Å²) < 4.78 is 30.1. The summed E-state index contributed by atoms with van der Waals surface area (Å²) in [5.41, 5.74) is 2.88. The van der Waals surface area contributed by atoms with Crippen molar-refractivity contribution in [1.82, 2.24) is 5.32 Å². The Kier molecular flexibility index (Phi) is 6.56. The number of benzene rings is 2. The molecule has 7 nitrogen and oxygen atoms in total. The van der Waals surface area contributed by atoms with E-state index in [0.29, 0.717) is 24.3 Å². The summed E-state index contributed by atoms with van der Waals surface area (Å²) in [7, 11) is -1.72. The molecular weight excluding hydrogens is 392 g/mol. The third-order valence-electron chi connectivity index (χ3n) is 5.04. The smallest absolute Gasteiger partial charge is 0.229 e. The highest BCUT2D eigenvalue weighted by atomic mass is 32.2. The van der Waals surface area contributed by atoms with Gasteiger partial charge in [0.05, 0.1) is 19.5 Å². The number of hydrogen-bond donors (Lipinski definition) is 3. The molecule has 0 unspecified atom stereocenters. The van der Waals surface area contributed by atoms with E-state index in [2.05, 4.69) is 10.0 Å². The van der Waals surface area contributed by atoms with Gasteiger partial charge in [0.2, 0.25) is 10.0 Å². The van der Waals surface area contributed by atoms with Crippen LogP contribution in [0, 0.1) is 5.92 Å². The summed E-state index contributed by atoms with van der Waals surface area (Å²) in [4.78, 5) is 12.7. The SMILES string of the molecule is COc1ccc2c(c1)CC[C@H](CNC[C@@H](O)c1ccc(NS(C)(=O)=O)cc1)C2=O. The van der Waals surface area contributed by atoms with Gasteiger partial charge >= 0.3 is 0 Å². The van der Waals surface area contributed by atoms with Crippen LogP contribution in [0.25, 0.3) is 0 Å². The molecule has 1 aliphatic carbocycles. The second-order valence-corrected chi connectivity index (χ2v) is 9.04. The van der Waals surface area contributed by atoms with E-state index in [-0.39, 0.29) is 11.7 Å². The van der Waals surface area contributed by atoms with Crippen molar-refractivity contribution in [3.05, 3.63) is 59.2 Å². The minimum absolute atomic E-state index is 0.118. The number of Topliss-reactive ketones (excluding diaryl/α,β-unsaturated/α-hetero) is 1. The molecule has 0 aromatic heterocycles. The van der Waals surface area contributed by atoms with Gasteiger partial charge in [-0.3, -0.25) is 9.52 Å². The van der Waals surface area contributed by atoms with Crippen LogP contribution < -0.4 is 14.8 Å². The molecule has 0 bridgehead atoms. The minimum atomic E-state index is -3.33. The Hall–Kier alpha value is -2.42. The molecule has 1 aliphatic rings. The number of fused-ring (bicyclic) bond motifs is 1. The molecule has 2 atom stereocenters. The number of carbonyl (C=O) groups is 1. The third-order valence-corrected chi connectivity index (χ3v) is 5.64. The lowest BCUT2D eigenvalue weighted by molar-refractivity contribution is 0.0894. The number of ketones is 1. The zero-order chi connectivity index (χ0) is 21.0. The summed E-state index contributed by atoms with van der Waals surface area (Å²) >= 11 is 0. The van der Waals surface area contributed by atoms with E-state index < -0.39 is 16.1 Å². The quantitative estimate of drug-likeness (QED) is 0.607. The Bertz CT molecular complexity index is 973. The molecule has 0 saturated carbocycles. The molecule has 3 rings (SSSR count). The van der Waals surface area contributed by atoms with Crippen LogP contribution in [0.3, 0.4) is 0 Å². The number of aliphatic hydroxyl groups is 1. The van der Waals surface area contributed by atoms with Gasteiger partial charge in [-0.1, -0.05) is 12.1 Å². The van der Waals surface area contributed by atoms with Crippen LogP contribution in [-0.4, -0.2) is 45.8 Å². The van der Waals surface area contributed by atoms with Crippen LogP contribution >= 0.6 is 0 Å². The van der Waals surface area contributed by atoms with Crippen molar-refractivity contribution in [2.24, 2.45) is 5.92 Å². The van der Waals surface area contributed by atoms with E-state index in [1.807, 2.05) is 12.1 Å². The molecule has 0 radical (unpaired) electrons. The monoisotopic (exact) mass is 418 g/mol. The lowest BCUT2D eigenvalue weighted by Gasteiger charge is -2.24. The standard InChI is InChI=1S/C21H26N2O5S/c1-28-18-9-10-19-15(11-18)3-4-16(21(19)25)12-22-13-20(24)14-5-7-17(8-6-14)23-29(2,26)27/h5-11,16,20,22-24H,3-4,12-13H2,1-2H3/t16-,20-/m1/s1. The Morgan fingerprint density at radius 2 is 1.93 bits per heavy atom. The van der Waals surface area contributed by atoms with Crippen LogP contribution in [0.5, 0.6) is 5.75 Å². The molecular formula is C21H26N2O5S. The summed E-state index contributed by atoms with van der Waals surface area (Å²) in [6.07, 6.45) is 1.91. The number of nitrogens with one attached hydrogen (secondary N) is 2. The number of aryl methyl sites for hydroxylation is 1. The number of ether oxygens (including phenoxy) is 1. The summed E-state index contributed by atoms with van der Waals surface area (Å²) in [5, 5.41) is 13.5. The van der Waals surface area contributed by atoms with Crippen molar-refractivity contribution in [2.45, 2.75) is 18.9 Å². The summed E-state index contributed by atoms with van der Waals surface area (Å²) in [6, 6.07) is 12.1. The molecule has 0 heterocycles. The topological polar surface area (TPSA) is 105 Å². The fourth-order valence-corrected chi connectivity index (χ4v) is 4.08. The van der Waals surface area contributed by atoms with Gasteiger partial charge in [-0.05, 0) is 54.3 Å². The molecule has 3 N–H and O–H groups in total. The number of methoxy groups -OCH3 is 1. The lowest BCUT2D eigenvalue weighted by Crippen LogP contribution is -2.34. The largest absolute Gasteiger partial charge is 0.497 e. The van der Waals surface area contributed by atoms with Gasteiger partial charge in [-0.2, -0.15) is 0 Å². The molecule has 0 amide bonds. The van der Waals surface area contributed by atoms with Gasteiger partial charge in [0, 0.05) is 30.3 Å². The van der Waals surface area contributed by atoms with Crippen LogP contribution in [0.1, 0.15) is 34.0 Å². The predicted molar refractivity (Wildman–Crippen MR) is 112 cm³/mol. The number of aliphatic hydroxyl groups excluding tert-OH is 1. The fourth-order valence-electron chi connectivity index (χ4n) is 3.52. The van der Waals surface area contributed by atoms with Gasteiger partial charge in [-0.15, -0.1) is 0 Å². The van der Waals surface area contributed by atoms with E-state index in [0.717, 1.165) is 36.0 Å². The number of hydrogen-bond acceptors (Lipinski definition) is 6. The molecule has 8 heteroatoms. The Morgan fingerprint density at radius 3 is 2.59 bits per heavy atom.